The molecule has 7 heteroatoms. The normalized spacial score (nSPS) is 10.4. The second kappa shape index (κ2) is 5.64. The summed E-state index contributed by atoms with van der Waals surface area (Å²) in [6.45, 7) is 0. The number of halogens is 2. The first-order valence-electron chi connectivity index (χ1n) is 5.44. The zero-order valence-corrected chi connectivity index (χ0v) is 12.1. The van der Waals surface area contributed by atoms with Crippen LogP contribution in [0.4, 0.5) is 0 Å². The Bertz CT molecular complexity index is 715. The largest absolute Gasteiger partial charge is 0.465 e. The minimum atomic E-state index is -0.678. The average Bonchev–Trinajstić information content (AvgIpc) is 2.44. The van der Waals surface area contributed by atoms with E-state index in [9.17, 15) is 9.59 Å². The fourth-order valence-electron chi connectivity index (χ4n) is 1.74. The van der Waals surface area contributed by atoms with Gasteiger partial charge in [-0.15, -0.1) is 0 Å². The summed E-state index contributed by atoms with van der Waals surface area (Å²) in [4.78, 5) is 27.5. The van der Waals surface area contributed by atoms with E-state index in [0.29, 0.717) is 10.4 Å². The molecule has 0 aliphatic rings. The van der Waals surface area contributed by atoms with Gasteiger partial charge in [-0.25, -0.2) is 14.6 Å². The standard InChI is InChI=1S/C13H9Cl2NO4/c1-19-12(17)8-5-10(13(18)20-2)16-11-7(8)3-6(14)4-9(11)15/h3-5H,1-2H3. The Hall–Kier alpha value is -1.85. The van der Waals surface area contributed by atoms with Crippen molar-refractivity contribution in [2.24, 2.45) is 0 Å². The molecule has 0 N–H and O–H groups in total. The van der Waals surface area contributed by atoms with Gasteiger partial charge in [-0.1, -0.05) is 23.2 Å². The van der Waals surface area contributed by atoms with Gasteiger partial charge < -0.3 is 9.47 Å². The van der Waals surface area contributed by atoms with E-state index in [0.717, 1.165) is 0 Å². The van der Waals surface area contributed by atoms with Gasteiger partial charge in [-0.05, 0) is 18.2 Å². The van der Waals surface area contributed by atoms with E-state index < -0.39 is 11.9 Å². The van der Waals surface area contributed by atoms with Crippen LogP contribution in [0.15, 0.2) is 18.2 Å². The van der Waals surface area contributed by atoms with Crippen molar-refractivity contribution in [1.82, 2.24) is 4.98 Å². The van der Waals surface area contributed by atoms with Crippen LogP contribution in [0, 0.1) is 0 Å². The van der Waals surface area contributed by atoms with Crippen LogP contribution >= 0.6 is 23.2 Å². The number of hydrogen-bond acceptors (Lipinski definition) is 5. The SMILES string of the molecule is COC(=O)c1cc(C(=O)OC)c2cc(Cl)cc(Cl)c2n1. The highest BCUT2D eigenvalue weighted by Gasteiger charge is 2.19. The molecule has 0 amide bonds. The maximum Gasteiger partial charge on any atom is 0.356 e. The van der Waals surface area contributed by atoms with Gasteiger partial charge in [0.05, 0.1) is 30.3 Å². The van der Waals surface area contributed by atoms with Gasteiger partial charge in [0.25, 0.3) is 0 Å². The molecule has 0 unspecified atom stereocenters. The van der Waals surface area contributed by atoms with E-state index >= 15 is 0 Å². The first-order chi connectivity index (χ1) is 9.47. The quantitative estimate of drug-likeness (QED) is 0.797. The predicted molar refractivity (Wildman–Crippen MR) is 74.4 cm³/mol. The number of nitrogens with zero attached hydrogens (tertiary/aromatic N) is 1. The molecule has 1 aromatic carbocycles. The second-order valence-corrected chi connectivity index (χ2v) is 4.67. The summed E-state index contributed by atoms with van der Waals surface area (Å²) < 4.78 is 9.28. The Morgan fingerprint density at radius 2 is 1.70 bits per heavy atom. The Labute approximate surface area is 124 Å². The molecule has 1 aromatic heterocycles. The van der Waals surface area contributed by atoms with Crippen LogP contribution in [0.1, 0.15) is 20.8 Å². The van der Waals surface area contributed by atoms with Crippen LogP contribution in [-0.4, -0.2) is 31.1 Å². The number of benzene rings is 1. The van der Waals surface area contributed by atoms with Crippen LogP contribution in [-0.2, 0) is 9.47 Å². The number of hydrogen-bond donors (Lipinski definition) is 0. The maximum atomic E-state index is 11.8. The Morgan fingerprint density at radius 1 is 1.05 bits per heavy atom. The molecule has 0 aliphatic heterocycles. The van der Waals surface area contributed by atoms with Crippen molar-refractivity contribution >= 4 is 46.0 Å². The van der Waals surface area contributed by atoms with Crippen molar-refractivity contribution < 1.29 is 19.1 Å². The number of carbonyl (C=O) groups excluding carboxylic acids is 2. The van der Waals surface area contributed by atoms with Gasteiger partial charge in [0.15, 0.2) is 0 Å². The highest BCUT2D eigenvalue weighted by molar-refractivity contribution is 6.38. The van der Waals surface area contributed by atoms with Crippen LogP contribution in [0.2, 0.25) is 10.0 Å². The Balaban J connectivity index is 2.85. The van der Waals surface area contributed by atoms with Crippen molar-refractivity contribution in [2.75, 3.05) is 14.2 Å². The summed E-state index contributed by atoms with van der Waals surface area (Å²) >= 11 is 12.0. The minimum Gasteiger partial charge on any atom is -0.465 e. The fraction of sp³-hybridized carbons (Fsp3) is 0.154. The highest BCUT2D eigenvalue weighted by Crippen LogP contribution is 2.29. The highest BCUT2D eigenvalue weighted by atomic mass is 35.5. The lowest BCUT2D eigenvalue weighted by atomic mass is 10.1. The van der Waals surface area contributed by atoms with Gasteiger partial charge in [0.1, 0.15) is 5.69 Å². The van der Waals surface area contributed by atoms with Crippen molar-refractivity contribution in [1.29, 1.82) is 0 Å². The summed E-state index contributed by atoms with van der Waals surface area (Å²) in [5.41, 5.74) is 0.381. The molecule has 0 aliphatic carbocycles. The number of ether oxygens (including phenoxy) is 2. The number of pyridine rings is 1. The Morgan fingerprint density at radius 3 is 2.30 bits per heavy atom. The third-order valence-corrected chi connectivity index (χ3v) is 3.14. The molecule has 0 spiro atoms. The first kappa shape index (κ1) is 14.6. The number of methoxy groups -OCH3 is 2. The van der Waals surface area contributed by atoms with Gasteiger partial charge in [-0.3, -0.25) is 0 Å². The monoisotopic (exact) mass is 313 g/mol. The van der Waals surface area contributed by atoms with Crippen LogP contribution in [0.3, 0.4) is 0 Å². The zero-order valence-electron chi connectivity index (χ0n) is 10.6. The lowest BCUT2D eigenvalue weighted by Crippen LogP contribution is -2.09. The fourth-order valence-corrected chi connectivity index (χ4v) is 2.28. The predicted octanol–water partition coefficient (Wildman–Crippen LogP) is 3.11. The summed E-state index contributed by atoms with van der Waals surface area (Å²) in [5, 5.41) is 0.977. The first-order valence-corrected chi connectivity index (χ1v) is 6.20. The summed E-state index contributed by atoms with van der Waals surface area (Å²) in [6, 6.07) is 4.29. The molecule has 20 heavy (non-hydrogen) atoms. The lowest BCUT2D eigenvalue weighted by molar-refractivity contribution is 0.0594. The molecule has 0 saturated heterocycles. The molecule has 5 nitrogen and oxygen atoms in total. The van der Waals surface area contributed by atoms with Crippen LogP contribution < -0.4 is 0 Å². The molecule has 2 rings (SSSR count). The average molecular weight is 314 g/mol. The van der Waals surface area contributed by atoms with Crippen molar-refractivity contribution in [3.8, 4) is 0 Å². The molecule has 0 fully saturated rings. The molecule has 0 saturated carbocycles. The number of fused-ring (bicyclic) bond motifs is 1. The van der Waals surface area contributed by atoms with Gasteiger partial charge in [0, 0.05) is 10.4 Å². The van der Waals surface area contributed by atoms with Gasteiger partial charge in [0.2, 0.25) is 0 Å². The van der Waals surface area contributed by atoms with E-state index in [4.69, 9.17) is 23.2 Å². The number of esters is 2. The summed E-state index contributed by atoms with van der Waals surface area (Å²) in [6.07, 6.45) is 0. The molecule has 1 heterocycles. The maximum absolute atomic E-state index is 11.8. The topological polar surface area (TPSA) is 65.5 Å². The third kappa shape index (κ3) is 2.55. The van der Waals surface area contributed by atoms with Crippen LogP contribution in [0.5, 0.6) is 0 Å². The number of carbonyl (C=O) groups is 2. The number of rotatable bonds is 2. The molecule has 0 bridgehead atoms. The number of aromatic nitrogens is 1. The van der Waals surface area contributed by atoms with Crippen molar-refractivity contribution in [3.05, 3.63) is 39.5 Å². The molecule has 104 valence electrons. The summed E-state index contributed by atoms with van der Waals surface area (Å²) in [5.74, 6) is -1.30. The van der Waals surface area contributed by atoms with Crippen LogP contribution in [0.25, 0.3) is 10.9 Å². The molecule has 2 aromatic rings. The molecular weight excluding hydrogens is 305 g/mol. The van der Waals surface area contributed by atoms with E-state index in [-0.39, 0.29) is 21.8 Å². The van der Waals surface area contributed by atoms with Gasteiger partial charge >= 0.3 is 11.9 Å². The summed E-state index contributed by atoms with van der Waals surface area (Å²) in [7, 11) is 2.45. The lowest BCUT2D eigenvalue weighted by Gasteiger charge is -2.09. The van der Waals surface area contributed by atoms with E-state index in [1.807, 2.05) is 0 Å². The smallest absolute Gasteiger partial charge is 0.356 e. The minimum absolute atomic E-state index is 0.0374. The van der Waals surface area contributed by atoms with E-state index in [1.54, 1.807) is 0 Å². The van der Waals surface area contributed by atoms with Gasteiger partial charge in [-0.2, -0.15) is 0 Å². The van der Waals surface area contributed by atoms with Crippen molar-refractivity contribution in [2.45, 2.75) is 0 Å². The van der Waals surface area contributed by atoms with Crippen molar-refractivity contribution in [3.63, 3.8) is 0 Å². The van der Waals surface area contributed by atoms with E-state index in [2.05, 4.69) is 14.5 Å². The van der Waals surface area contributed by atoms with E-state index in [1.165, 1.54) is 32.4 Å². The second-order valence-electron chi connectivity index (χ2n) is 3.82. The Kier molecular flexibility index (Phi) is 4.11. The molecule has 0 radical (unpaired) electrons. The zero-order chi connectivity index (χ0) is 14.9. The molecule has 0 atom stereocenters. The molecular formula is C13H9Cl2NO4. The third-order valence-electron chi connectivity index (χ3n) is 2.63.